The SMILES string of the molecule is O=C1Nc2ccccc2SC1CC(=O)N1CCN(c2cccc(Cl)c2)CC1. The third kappa shape index (κ3) is 4.06. The quantitative estimate of drug-likeness (QED) is 0.855. The number of piperazine rings is 1. The molecule has 5 nitrogen and oxygen atoms in total. The van der Waals surface area contributed by atoms with E-state index in [-0.39, 0.29) is 23.5 Å². The van der Waals surface area contributed by atoms with Crippen molar-refractivity contribution in [2.75, 3.05) is 36.4 Å². The molecular weight excluding hydrogens is 382 g/mol. The average Bonchev–Trinajstić information content (AvgIpc) is 2.68. The summed E-state index contributed by atoms with van der Waals surface area (Å²) >= 11 is 7.54. The second-order valence-corrected chi connectivity index (χ2v) is 8.32. The van der Waals surface area contributed by atoms with Crippen LogP contribution >= 0.6 is 23.4 Å². The highest BCUT2D eigenvalue weighted by molar-refractivity contribution is 8.01. The number of anilines is 2. The van der Waals surface area contributed by atoms with Gasteiger partial charge in [0.25, 0.3) is 0 Å². The molecule has 2 aliphatic heterocycles. The molecule has 2 aromatic rings. The van der Waals surface area contributed by atoms with Crippen molar-refractivity contribution >= 4 is 46.6 Å². The number of nitrogens with one attached hydrogen (secondary N) is 1. The highest BCUT2D eigenvalue weighted by Crippen LogP contribution is 2.36. The molecule has 7 heteroatoms. The van der Waals surface area contributed by atoms with Crippen LogP contribution in [0.5, 0.6) is 0 Å². The molecule has 0 aliphatic carbocycles. The van der Waals surface area contributed by atoms with Gasteiger partial charge in [0.05, 0.1) is 10.9 Å². The number of carbonyl (C=O) groups excluding carboxylic acids is 2. The third-order valence-electron chi connectivity index (χ3n) is 4.87. The number of amides is 2. The topological polar surface area (TPSA) is 52.7 Å². The molecule has 1 N–H and O–H groups in total. The van der Waals surface area contributed by atoms with E-state index in [1.54, 1.807) is 0 Å². The summed E-state index contributed by atoms with van der Waals surface area (Å²) in [4.78, 5) is 30.1. The molecule has 1 fully saturated rings. The number of thioether (sulfide) groups is 1. The minimum Gasteiger partial charge on any atom is -0.368 e. The lowest BCUT2D eigenvalue weighted by molar-refractivity contribution is -0.132. The molecule has 2 aliphatic rings. The maximum absolute atomic E-state index is 12.7. The van der Waals surface area contributed by atoms with Gasteiger partial charge in [-0.3, -0.25) is 9.59 Å². The van der Waals surface area contributed by atoms with Gasteiger partial charge in [-0.15, -0.1) is 11.8 Å². The zero-order valence-corrected chi connectivity index (χ0v) is 16.3. The number of hydrogen-bond donors (Lipinski definition) is 1. The fraction of sp³-hybridized carbons (Fsp3) is 0.300. The number of rotatable bonds is 3. The van der Waals surface area contributed by atoms with Crippen LogP contribution in [0.3, 0.4) is 0 Å². The van der Waals surface area contributed by atoms with E-state index in [2.05, 4.69) is 10.2 Å². The Morgan fingerprint density at radius 1 is 1.11 bits per heavy atom. The van der Waals surface area contributed by atoms with Gasteiger partial charge < -0.3 is 15.1 Å². The molecule has 1 atom stereocenters. The van der Waals surface area contributed by atoms with Crippen molar-refractivity contribution in [1.82, 2.24) is 4.90 Å². The zero-order chi connectivity index (χ0) is 18.8. The van der Waals surface area contributed by atoms with Gasteiger partial charge >= 0.3 is 0 Å². The first-order chi connectivity index (χ1) is 13.1. The lowest BCUT2D eigenvalue weighted by Crippen LogP contribution is -2.49. The van der Waals surface area contributed by atoms with Crippen LogP contribution in [0.1, 0.15) is 6.42 Å². The fourth-order valence-electron chi connectivity index (χ4n) is 3.40. The molecule has 1 saturated heterocycles. The molecule has 140 valence electrons. The number of halogens is 1. The molecule has 1 unspecified atom stereocenters. The Morgan fingerprint density at radius 3 is 2.67 bits per heavy atom. The minimum atomic E-state index is -0.377. The zero-order valence-electron chi connectivity index (χ0n) is 14.7. The molecule has 0 spiro atoms. The van der Waals surface area contributed by atoms with E-state index in [4.69, 9.17) is 11.6 Å². The van der Waals surface area contributed by atoms with E-state index >= 15 is 0 Å². The van der Waals surface area contributed by atoms with Crippen molar-refractivity contribution < 1.29 is 9.59 Å². The van der Waals surface area contributed by atoms with Crippen molar-refractivity contribution in [3.8, 4) is 0 Å². The van der Waals surface area contributed by atoms with Gasteiger partial charge in [0, 0.05) is 48.2 Å². The molecular formula is C20H20ClN3O2S. The lowest BCUT2D eigenvalue weighted by Gasteiger charge is -2.37. The monoisotopic (exact) mass is 401 g/mol. The van der Waals surface area contributed by atoms with Crippen molar-refractivity contribution in [3.05, 3.63) is 53.6 Å². The van der Waals surface area contributed by atoms with E-state index < -0.39 is 0 Å². The van der Waals surface area contributed by atoms with Crippen LogP contribution in [0.2, 0.25) is 5.02 Å². The summed E-state index contributed by atoms with van der Waals surface area (Å²) in [6, 6.07) is 15.5. The molecule has 0 aromatic heterocycles. The standard InChI is InChI=1S/C20H20ClN3O2S/c21-14-4-3-5-15(12-14)23-8-10-24(11-9-23)19(25)13-18-20(26)22-16-6-1-2-7-17(16)27-18/h1-7,12,18H,8-11,13H2,(H,22,26). The maximum atomic E-state index is 12.7. The summed E-state index contributed by atoms with van der Waals surface area (Å²) in [6.45, 7) is 2.83. The van der Waals surface area contributed by atoms with E-state index in [1.807, 2.05) is 53.4 Å². The first-order valence-electron chi connectivity index (χ1n) is 8.95. The fourth-order valence-corrected chi connectivity index (χ4v) is 4.69. The summed E-state index contributed by atoms with van der Waals surface area (Å²) in [5.41, 5.74) is 1.90. The van der Waals surface area contributed by atoms with E-state index in [1.165, 1.54) is 11.8 Å². The molecule has 0 saturated carbocycles. The van der Waals surface area contributed by atoms with Gasteiger partial charge in [0.1, 0.15) is 0 Å². The molecule has 2 amide bonds. The van der Waals surface area contributed by atoms with Crippen LogP contribution < -0.4 is 10.2 Å². The van der Waals surface area contributed by atoms with Gasteiger partial charge in [0.2, 0.25) is 11.8 Å². The van der Waals surface area contributed by atoms with Crippen molar-refractivity contribution in [2.24, 2.45) is 0 Å². The summed E-state index contributed by atoms with van der Waals surface area (Å²) in [7, 11) is 0. The Hall–Kier alpha value is -2.18. The van der Waals surface area contributed by atoms with E-state index in [0.29, 0.717) is 18.1 Å². The van der Waals surface area contributed by atoms with Gasteiger partial charge in [-0.2, -0.15) is 0 Å². The van der Waals surface area contributed by atoms with Gasteiger partial charge in [-0.05, 0) is 30.3 Å². The van der Waals surface area contributed by atoms with Crippen molar-refractivity contribution in [2.45, 2.75) is 16.6 Å². The van der Waals surface area contributed by atoms with Crippen LogP contribution in [0.4, 0.5) is 11.4 Å². The number of carbonyl (C=O) groups is 2. The first-order valence-corrected chi connectivity index (χ1v) is 10.2. The lowest BCUT2D eigenvalue weighted by atomic mass is 10.2. The van der Waals surface area contributed by atoms with Crippen LogP contribution in [0.15, 0.2) is 53.4 Å². The normalized spacial score (nSPS) is 19.4. The average molecular weight is 402 g/mol. The number of para-hydroxylation sites is 1. The molecule has 0 radical (unpaired) electrons. The number of hydrogen-bond acceptors (Lipinski definition) is 4. The summed E-state index contributed by atoms with van der Waals surface area (Å²) < 4.78 is 0. The Labute approximate surface area is 167 Å². The molecule has 27 heavy (non-hydrogen) atoms. The van der Waals surface area contributed by atoms with E-state index in [9.17, 15) is 9.59 Å². The van der Waals surface area contributed by atoms with Crippen molar-refractivity contribution in [3.63, 3.8) is 0 Å². The van der Waals surface area contributed by atoms with Crippen LogP contribution in [0, 0.1) is 0 Å². The van der Waals surface area contributed by atoms with Crippen molar-refractivity contribution in [1.29, 1.82) is 0 Å². The second-order valence-electron chi connectivity index (χ2n) is 6.64. The Morgan fingerprint density at radius 2 is 1.89 bits per heavy atom. The summed E-state index contributed by atoms with van der Waals surface area (Å²) in [5, 5.41) is 3.24. The second kappa shape index (κ2) is 7.82. The molecule has 2 heterocycles. The molecule has 2 aromatic carbocycles. The minimum absolute atomic E-state index is 0.0350. The Balaban J connectivity index is 1.34. The predicted octanol–water partition coefficient (Wildman–Crippen LogP) is 3.49. The first kappa shape index (κ1) is 18.2. The van der Waals surface area contributed by atoms with Crippen LogP contribution in [0.25, 0.3) is 0 Å². The van der Waals surface area contributed by atoms with Gasteiger partial charge in [-0.25, -0.2) is 0 Å². The highest BCUT2D eigenvalue weighted by Gasteiger charge is 2.31. The number of nitrogens with zero attached hydrogens (tertiary/aromatic N) is 2. The summed E-state index contributed by atoms with van der Waals surface area (Å²) in [6.07, 6.45) is 0.224. The van der Waals surface area contributed by atoms with Gasteiger partial charge in [0.15, 0.2) is 0 Å². The molecule has 4 rings (SSSR count). The number of benzene rings is 2. The summed E-state index contributed by atoms with van der Waals surface area (Å²) in [5.74, 6) is -0.0580. The van der Waals surface area contributed by atoms with Crippen LogP contribution in [-0.2, 0) is 9.59 Å². The smallest absolute Gasteiger partial charge is 0.238 e. The molecule has 0 bridgehead atoms. The largest absolute Gasteiger partial charge is 0.368 e. The van der Waals surface area contributed by atoms with Crippen LogP contribution in [-0.4, -0.2) is 48.1 Å². The highest BCUT2D eigenvalue weighted by atomic mass is 35.5. The third-order valence-corrected chi connectivity index (χ3v) is 6.38. The predicted molar refractivity (Wildman–Crippen MR) is 110 cm³/mol. The number of fused-ring (bicyclic) bond motifs is 1. The maximum Gasteiger partial charge on any atom is 0.238 e. The van der Waals surface area contributed by atoms with Gasteiger partial charge in [-0.1, -0.05) is 29.8 Å². The Kier molecular flexibility index (Phi) is 5.27. The Bertz CT molecular complexity index is 868. The van der Waals surface area contributed by atoms with E-state index in [0.717, 1.165) is 29.4 Å².